The zero-order valence-electron chi connectivity index (χ0n) is 15.6. The second-order valence-electron chi connectivity index (χ2n) is 6.26. The van der Waals surface area contributed by atoms with Gasteiger partial charge in [-0.25, -0.2) is 4.98 Å². The summed E-state index contributed by atoms with van der Waals surface area (Å²) >= 11 is 8.81. The minimum Gasteiger partial charge on any atom is -0.454 e. The normalized spacial score (nSPS) is 12.9. The van der Waals surface area contributed by atoms with Crippen LogP contribution in [0.15, 0.2) is 24.3 Å². The summed E-state index contributed by atoms with van der Waals surface area (Å²) in [6.07, 6.45) is 0. The van der Waals surface area contributed by atoms with E-state index in [0.717, 1.165) is 29.9 Å². The minimum atomic E-state index is -0.0804. The number of likely N-dealkylation sites (N-methyl/N-ethyl adjacent to an activating group) is 1. The number of ether oxygens (including phenoxy) is 2. The summed E-state index contributed by atoms with van der Waals surface area (Å²) < 4.78 is 12.5. The van der Waals surface area contributed by atoms with Crippen molar-refractivity contribution in [3.05, 3.63) is 33.5 Å². The number of thiazole rings is 1. The van der Waals surface area contributed by atoms with Crippen molar-refractivity contribution in [1.29, 1.82) is 0 Å². The molecule has 1 amide bonds. The van der Waals surface area contributed by atoms with E-state index in [1.54, 1.807) is 17.0 Å². The second-order valence-corrected chi connectivity index (χ2v) is 8.98. The first-order chi connectivity index (χ1) is 13.6. The molecular formula is C19H20ClN3O3S2. The number of anilines is 1. The Labute approximate surface area is 176 Å². The van der Waals surface area contributed by atoms with Crippen molar-refractivity contribution < 1.29 is 14.3 Å². The van der Waals surface area contributed by atoms with E-state index in [4.69, 9.17) is 26.1 Å². The summed E-state index contributed by atoms with van der Waals surface area (Å²) in [6, 6.07) is 7.31. The van der Waals surface area contributed by atoms with Crippen LogP contribution < -0.4 is 14.4 Å². The predicted molar refractivity (Wildman–Crippen MR) is 115 cm³/mol. The van der Waals surface area contributed by atoms with E-state index in [-0.39, 0.29) is 12.7 Å². The fourth-order valence-electron chi connectivity index (χ4n) is 3.05. The highest BCUT2D eigenvalue weighted by molar-refractivity contribution is 7.22. The highest BCUT2D eigenvalue weighted by Gasteiger charge is 2.24. The Morgan fingerprint density at radius 1 is 1.14 bits per heavy atom. The van der Waals surface area contributed by atoms with E-state index in [9.17, 15) is 4.79 Å². The van der Waals surface area contributed by atoms with E-state index < -0.39 is 0 Å². The van der Waals surface area contributed by atoms with Gasteiger partial charge in [-0.2, -0.15) is 0 Å². The minimum absolute atomic E-state index is 0.0804. The molecule has 0 unspecified atom stereocenters. The molecule has 4 rings (SSSR count). The van der Waals surface area contributed by atoms with Gasteiger partial charge in [0.15, 0.2) is 16.6 Å². The number of carbonyl (C=O) groups excluding carboxylic acids is 1. The Kier molecular flexibility index (Phi) is 5.73. The largest absolute Gasteiger partial charge is 0.454 e. The third-order valence-corrected chi connectivity index (χ3v) is 6.93. The smallest absolute Gasteiger partial charge is 0.270 e. The average molecular weight is 438 g/mol. The van der Waals surface area contributed by atoms with Gasteiger partial charge in [-0.15, -0.1) is 11.3 Å². The number of benzene rings is 1. The molecule has 3 heterocycles. The van der Waals surface area contributed by atoms with Crippen LogP contribution in [0.4, 0.5) is 5.13 Å². The number of fused-ring (bicyclic) bond motifs is 2. The maximum atomic E-state index is 13.2. The van der Waals surface area contributed by atoms with Gasteiger partial charge in [0.1, 0.15) is 0 Å². The van der Waals surface area contributed by atoms with Crippen molar-refractivity contribution >= 4 is 55.5 Å². The first kappa shape index (κ1) is 19.4. The number of amides is 1. The molecule has 1 aromatic carbocycles. The number of thiophene rings is 1. The quantitative estimate of drug-likeness (QED) is 0.535. The Hall–Kier alpha value is -1.87. The number of aromatic nitrogens is 1. The topological polar surface area (TPSA) is 54.9 Å². The lowest BCUT2D eigenvalue weighted by atomic mass is 10.3. The molecule has 28 heavy (non-hydrogen) atoms. The van der Waals surface area contributed by atoms with Gasteiger partial charge >= 0.3 is 0 Å². The first-order valence-electron chi connectivity index (χ1n) is 9.08. The molecule has 3 aromatic rings. The maximum Gasteiger partial charge on any atom is 0.270 e. The number of hydrogen-bond donors (Lipinski definition) is 0. The highest BCUT2D eigenvalue weighted by Crippen LogP contribution is 2.40. The maximum absolute atomic E-state index is 13.2. The molecule has 0 N–H and O–H groups in total. The summed E-state index contributed by atoms with van der Waals surface area (Å²) in [5, 5.41) is 0.667. The molecule has 1 aliphatic heterocycles. The van der Waals surface area contributed by atoms with Gasteiger partial charge in [0.25, 0.3) is 5.91 Å². The lowest BCUT2D eigenvalue weighted by molar-refractivity contribution is 0.0987. The van der Waals surface area contributed by atoms with Crippen molar-refractivity contribution in [3.8, 4) is 11.5 Å². The summed E-state index contributed by atoms with van der Waals surface area (Å²) in [5.41, 5.74) is 0.800. The molecule has 0 saturated carbocycles. The molecule has 0 spiro atoms. The van der Waals surface area contributed by atoms with Crippen LogP contribution in [0.25, 0.3) is 10.2 Å². The number of hydrogen-bond acceptors (Lipinski definition) is 7. The molecule has 0 radical (unpaired) electrons. The standard InChI is InChI=1S/C19H20ClN3O3S2/c1-3-22(4-2)7-8-23(18(24)15-5-6-17(20)27-15)19-21-12-9-13-14(26-11-25-13)10-16(12)28-19/h5-6,9-10H,3-4,7-8,11H2,1-2H3. The van der Waals surface area contributed by atoms with Crippen LogP contribution in [0.5, 0.6) is 11.5 Å². The Bertz CT molecular complexity index is 959. The first-order valence-corrected chi connectivity index (χ1v) is 11.1. The van der Waals surface area contributed by atoms with Gasteiger partial charge < -0.3 is 14.4 Å². The van der Waals surface area contributed by atoms with Gasteiger partial charge in [0.2, 0.25) is 6.79 Å². The van der Waals surface area contributed by atoms with Crippen molar-refractivity contribution in [2.75, 3.05) is 37.9 Å². The molecule has 0 aliphatic carbocycles. The fourth-order valence-corrected chi connectivity index (χ4v) is 5.04. The van der Waals surface area contributed by atoms with E-state index in [0.29, 0.717) is 32.4 Å². The van der Waals surface area contributed by atoms with Gasteiger partial charge in [0.05, 0.1) is 19.4 Å². The summed E-state index contributed by atoms with van der Waals surface area (Å²) in [5.74, 6) is 1.33. The molecule has 0 bridgehead atoms. The second kappa shape index (κ2) is 8.24. The molecule has 2 aromatic heterocycles. The number of carbonyl (C=O) groups is 1. The van der Waals surface area contributed by atoms with E-state index in [1.165, 1.54) is 22.7 Å². The van der Waals surface area contributed by atoms with Crippen LogP contribution in [-0.4, -0.2) is 48.8 Å². The van der Waals surface area contributed by atoms with Crippen LogP contribution in [0.3, 0.4) is 0 Å². The monoisotopic (exact) mass is 437 g/mol. The summed E-state index contributed by atoms with van der Waals surface area (Å²) in [7, 11) is 0. The number of rotatable bonds is 7. The molecule has 0 fully saturated rings. The number of nitrogens with zero attached hydrogens (tertiary/aromatic N) is 3. The molecular weight excluding hydrogens is 418 g/mol. The van der Waals surface area contributed by atoms with Crippen molar-refractivity contribution in [2.45, 2.75) is 13.8 Å². The predicted octanol–water partition coefficient (Wildman–Crippen LogP) is 4.73. The Morgan fingerprint density at radius 2 is 1.89 bits per heavy atom. The summed E-state index contributed by atoms with van der Waals surface area (Å²) in [4.78, 5) is 22.6. The summed E-state index contributed by atoms with van der Waals surface area (Å²) in [6.45, 7) is 7.67. The third-order valence-electron chi connectivity index (χ3n) is 4.67. The van der Waals surface area contributed by atoms with Crippen molar-refractivity contribution in [3.63, 3.8) is 0 Å². The van der Waals surface area contributed by atoms with Crippen LogP contribution >= 0.6 is 34.3 Å². The lowest BCUT2D eigenvalue weighted by Gasteiger charge is -2.24. The van der Waals surface area contributed by atoms with Gasteiger partial charge in [-0.1, -0.05) is 36.8 Å². The van der Waals surface area contributed by atoms with Crippen LogP contribution in [0.1, 0.15) is 23.5 Å². The highest BCUT2D eigenvalue weighted by atomic mass is 35.5. The fraction of sp³-hybridized carbons (Fsp3) is 0.368. The Balaban J connectivity index is 1.67. The van der Waals surface area contributed by atoms with E-state index >= 15 is 0 Å². The molecule has 0 saturated heterocycles. The Morgan fingerprint density at radius 3 is 2.57 bits per heavy atom. The number of halogens is 1. The van der Waals surface area contributed by atoms with Crippen molar-refractivity contribution in [2.24, 2.45) is 0 Å². The lowest BCUT2D eigenvalue weighted by Crippen LogP contribution is -2.38. The van der Waals surface area contributed by atoms with E-state index in [2.05, 4.69) is 18.7 Å². The molecule has 1 aliphatic rings. The third kappa shape index (κ3) is 3.82. The van der Waals surface area contributed by atoms with Gasteiger partial charge in [0, 0.05) is 25.2 Å². The molecule has 6 nitrogen and oxygen atoms in total. The van der Waals surface area contributed by atoms with Crippen LogP contribution in [-0.2, 0) is 0 Å². The molecule has 9 heteroatoms. The van der Waals surface area contributed by atoms with Crippen LogP contribution in [0, 0.1) is 0 Å². The zero-order chi connectivity index (χ0) is 19.7. The average Bonchev–Trinajstić information content (AvgIpc) is 3.41. The van der Waals surface area contributed by atoms with Crippen molar-refractivity contribution in [1.82, 2.24) is 9.88 Å². The molecule has 148 valence electrons. The SMILES string of the molecule is CCN(CC)CCN(C(=O)c1ccc(Cl)s1)c1nc2cc3c(cc2s1)OCO3. The van der Waals surface area contributed by atoms with Gasteiger partial charge in [-0.3, -0.25) is 9.69 Å². The van der Waals surface area contributed by atoms with E-state index in [1.807, 2.05) is 12.1 Å². The molecule has 0 atom stereocenters. The van der Waals surface area contributed by atoms with Crippen LogP contribution in [0.2, 0.25) is 4.34 Å². The zero-order valence-corrected chi connectivity index (χ0v) is 18.0. The van der Waals surface area contributed by atoms with Gasteiger partial charge in [-0.05, 0) is 25.2 Å².